The summed E-state index contributed by atoms with van der Waals surface area (Å²) in [5.74, 6) is 0.0412. The predicted molar refractivity (Wildman–Crippen MR) is 126 cm³/mol. The number of carbonyl (C=O) groups is 1. The number of hydrogen-bond donors (Lipinski definition) is 0. The minimum absolute atomic E-state index is 0.0429. The van der Waals surface area contributed by atoms with Gasteiger partial charge in [0.2, 0.25) is 10.0 Å². The van der Waals surface area contributed by atoms with Crippen LogP contribution in [0.5, 0.6) is 0 Å². The van der Waals surface area contributed by atoms with Crippen LogP contribution in [0.25, 0.3) is 0 Å². The molecule has 4 aliphatic rings. The number of aldehydes is 1. The summed E-state index contributed by atoms with van der Waals surface area (Å²) in [6.45, 7) is 3.49. The number of anilines is 1. The van der Waals surface area contributed by atoms with Crippen LogP contribution in [-0.2, 0) is 21.4 Å². The van der Waals surface area contributed by atoms with Crippen LogP contribution >= 0.6 is 0 Å². The number of hydrogen-bond acceptors (Lipinski definition) is 5. The van der Waals surface area contributed by atoms with Crippen LogP contribution in [0.2, 0.25) is 0 Å². The van der Waals surface area contributed by atoms with Gasteiger partial charge in [0.15, 0.2) is 0 Å². The Morgan fingerprint density at radius 2 is 1.70 bits per heavy atom. The Balaban J connectivity index is 1.34. The van der Waals surface area contributed by atoms with Gasteiger partial charge in [-0.25, -0.2) is 12.8 Å². The molecule has 33 heavy (non-hydrogen) atoms. The second-order valence-corrected chi connectivity index (χ2v) is 11.5. The number of rotatable bonds is 6. The summed E-state index contributed by atoms with van der Waals surface area (Å²) in [7, 11) is -3.60. The van der Waals surface area contributed by atoms with E-state index in [0.717, 1.165) is 56.6 Å². The van der Waals surface area contributed by atoms with Gasteiger partial charge in [-0.05, 0) is 42.9 Å². The smallest absolute Gasteiger partial charge is 0.221 e. The maximum atomic E-state index is 15.2. The molecule has 3 saturated heterocycles. The first-order valence-corrected chi connectivity index (χ1v) is 13.2. The Kier molecular flexibility index (Phi) is 6.24. The van der Waals surface area contributed by atoms with E-state index in [4.69, 9.17) is 0 Å². The average Bonchev–Trinajstić information content (AvgIpc) is 2.96. The number of carbonyl (C=O) groups excluding carboxylic acids is 1. The molecule has 176 valence electrons. The summed E-state index contributed by atoms with van der Waals surface area (Å²) in [5, 5.41) is -0.568. The highest BCUT2D eigenvalue weighted by molar-refractivity contribution is 7.89. The highest BCUT2D eigenvalue weighted by atomic mass is 32.2. The quantitative estimate of drug-likeness (QED) is 0.606. The summed E-state index contributed by atoms with van der Waals surface area (Å²) in [4.78, 5) is 14.9. The Morgan fingerprint density at radius 3 is 2.36 bits per heavy atom. The molecule has 0 radical (unpaired) electrons. The number of fused-ring (bicyclic) bond motifs is 3. The van der Waals surface area contributed by atoms with Crippen molar-refractivity contribution in [3.63, 3.8) is 0 Å². The van der Waals surface area contributed by atoms with E-state index in [0.29, 0.717) is 24.4 Å². The Bertz CT molecular complexity index is 1100. The van der Waals surface area contributed by atoms with Crippen molar-refractivity contribution in [1.82, 2.24) is 9.21 Å². The van der Waals surface area contributed by atoms with Crippen molar-refractivity contribution in [1.29, 1.82) is 0 Å². The second-order valence-electron chi connectivity index (χ2n) is 9.45. The number of halogens is 1. The third kappa shape index (κ3) is 4.44. The van der Waals surface area contributed by atoms with Crippen LogP contribution in [-0.4, -0.2) is 62.7 Å². The van der Waals surface area contributed by atoms with Gasteiger partial charge in [-0.1, -0.05) is 36.4 Å². The molecule has 2 aromatic carbocycles. The van der Waals surface area contributed by atoms with Crippen molar-refractivity contribution in [2.75, 3.05) is 37.6 Å². The molecule has 0 N–H and O–H groups in total. The third-order valence-electron chi connectivity index (χ3n) is 7.46. The summed E-state index contributed by atoms with van der Waals surface area (Å²) in [6, 6.07) is 14.5. The van der Waals surface area contributed by atoms with Gasteiger partial charge in [0.1, 0.15) is 17.4 Å². The number of sulfonamides is 1. The highest BCUT2D eigenvalue weighted by Crippen LogP contribution is 2.48. The van der Waals surface area contributed by atoms with E-state index in [1.54, 1.807) is 10.4 Å². The van der Waals surface area contributed by atoms with E-state index < -0.39 is 15.3 Å². The molecule has 0 aromatic heterocycles. The van der Waals surface area contributed by atoms with Crippen molar-refractivity contribution in [2.45, 2.75) is 37.1 Å². The SMILES string of the molecule is O=CCN1CCN(c2ccc(CN3C4CC(C4)CC(c4ccccc4)S3(=O)=O)c(F)c2)CC1. The normalized spacial score (nSPS) is 27.5. The zero-order valence-corrected chi connectivity index (χ0v) is 19.5. The Labute approximate surface area is 195 Å². The zero-order chi connectivity index (χ0) is 23.0. The Morgan fingerprint density at radius 1 is 0.970 bits per heavy atom. The van der Waals surface area contributed by atoms with Gasteiger partial charge in [-0.15, -0.1) is 0 Å². The molecule has 3 heterocycles. The topological polar surface area (TPSA) is 60.9 Å². The summed E-state index contributed by atoms with van der Waals surface area (Å²) in [5.41, 5.74) is 2.03. The van der Waals surface area contributed by atoms with E-state index in [1.807, 2.05) is 36.4 Å². The molecule has 8 heteroatoms. The molecule has 3 aliphatic heterocycles. The fraction of sp³-hybridized carbons (Fsp3) is 0.480. The van der Waals surface area contributed by atoms with Gasteiger partial charge in [0.05, 0.1) is 6.54 Å². The van der Waals surface area contributed by atoms with E-state index in [-0.39, 0.29) is 18.4 Å². The lowest BCUT2D eigenvalue weighted by Crippen LogP contribution is -2.47. The lowest BCUT2D eigenvalue weighted by atomic mass is 9.77. The van der Waals surface area contributed by atoms with E-state index in [9.17, 15) is 13.2 Å². The standard InChI is InChI=1S/C25H30FN3O3S/c26-24-17-22(28-10-8-27(9-11-28)12-13-30)7-6-21(24)18-29-23-14-19(15-23)16-25(33(29,31)32)20-4-2-1-3-5-20/h1-7,13,17,19,23,25H,8-12,14-16,18H2. The molecule has 4 fully saturated rings. The van der Waals surface area contributed by atoms with Crippen molar-refractivity contribution in [3.8, 4) is 0 Å². The molecular formula is C25H30FN3O3S. The first-order chi connectivity index (χ1) is 16.0. The predicted octanol–water partition coefficient (Wildman–Crippen LogP) is 3.20. The summed E-state index contributed by atoms with van der Waals surface area (Å²) in [6.07, 6.45) is 3.26. The summed E-state index contributed by atoms with van der Waals surface area (Å²) < 4.78 is 44.0. The molecular weight excluding hydrogens is 441 g/mol. The van der Waals surface area contributed by atoms with Gasteiger partial charge in [-0.2, -0.15) is 4.31 Å². The fourth-order valence-electron chi connectivity index (χ4n) is 5.44. The van der Waals surface area contributed by atoms with Crippen molar-refractivity contribution in [3.05, 3.63) is 65.5 Å². The van der Waals surface area contributed by atoms with Crippen LogP contribution in [0.3, 0.4) is 0 Å². The van der Waals surface area contributed by atoms with Crippen molar-refractivity contribution < 1.29 is 17.6 Å². The molecule has 1 saturated carbocycles. The molecule has 2 bridgehead atoms. The molecule has 2 aromatic rings. The maximum absolute atomic E-state index is 15.2. The van der Waals surface area contributed by atoms with Crippen LogP contribution < -0.4 is 4.90 Å². The van der Waals surface area contributed by atoms with Gasteiger partial charge < -0.3 is 9.69 Å². The summed E-state index contributed by atoms with van der Waals surface area (Å²) >= 11 is 0. The molecule has 6 nitrogen and oxygen atoms in total. The molecule has 6 rings (SSSR count). The number of nitrogens with zero attached hydrogens (tertiary/aromatic N) is 3. The van der Waals surface area contributed by atoms with Gasteiger partial charge >= 0.3 is 0 Å². The van der Waals surface area contributed by atoms with Crippen molar-refractivity contribution >= 4 is 22.0 Å². The zero-order valence-electron chi connectivity index (χ0n) is 18.6. The van der Waals surface area contributed by atoms with Gasteiger partial charge in [-0.3, -0.25) is 4.90 Å². The lowest BCUT2D eigenvalue weighted by Gasteiger charge is -2.38. The first kappa shape index (κ1) is 22.5. The molecule has 1 unspecified atom stereocenters. The number of piperazine rings is 1. The average molecular weight is 472 g/mol. The Hall–Kier alpha value is -2.29. The van der Waals surface area contributed by atoms with E-state index in [1.165, 1.54) is 6.07 Å². The van der Waals surface area contributed by atoms with Crippen LogP contribution in [0.4, 0.5) is 10.1 Å². The largest absolute Gasteiger partial charge is 0.369 e. The van der Waals surface area contributed by atoms with Gasteiger partial charge in [0, 0.05) is 50.0 Å². The van der Waals surface area contributed by atoms with Gasteiger partial charge in [0.25, 0.3) is 0 Å². The van der Waals surface area contributed by atoms with Crippen LogP contribution in [0, 0.1) is 11.7 Å². The van der Waals surface area contributed by atoms with Crippen LogP contribution in [0.15, 0.2) is 48.5 Å². The lowest BCUT2D eigenvalue weighted by molar-refractivity contribution is -0.108. The minimum atomic E-state index is -3.60. The highest BCUT2D eigenvalue weighted by Gasteiger charge is 2.48. The molecule has 0 amide bonds. The van der Waals surface area contributed by atoms with Crippen LogP contribution in [0.1, 0.15) is 35.6 Å². The van der Waals surface area contributed by atoms with E-state index >= 15 is 4.39 Å². The maximum Gasteiger partial charge on any atom is 0.221 e. The number of benzene rings is 2. The molecule has 1 atom stereocenters. The molecule has 0 spiro atoms. The first-order valence-electron chi connectivity index (χ1n) is 11.7. The minimum Gasteiger partial charge on any atom is -0.369 e. The fourth-order valence-corrected chi connectivity index (χ4v) is 7.69. The monoisotopic (exact) mass is 471 g/mol. The van der Waals surface area contributed by atoms with E-state index in [2.05, 4.69) is 9.80 Å². The molecule has 1 aliphatic carbocycles. The second kappa shape index (κ2) is 9.16. The van der Waals surface area contributed by atoms with Crippen molar-refractivity contribution in [2.24, 2.45) is 5.92 Å². The third-order valence-corrected chi connectivity index (χ3v) is 9.72.